The van der Waals surface area contributed by atoms with Crippen LogP contribution in [0.3, 0.4) is 0 Å². The minimum absolute atomic E-state index is 0.0921. The Morgan fingerprint density at radius 3 is 2.26 bits per heavy atom. The first-order chi connectivity index (χ1) is 13.0. The summed E-state index contributed by atoms with van der Waals surface area (Å²) in [6.07, 6.45) is 0. The summed E-state index contributed by atoms with van der Waals surface area (Å²) in [5.74, 6) is -0.703. The van der Waals surface area contributed by atoms with Crippen LogP contribution in [0.2, 0.25) is 0 Å². The van der Waals surface area contributed by atoms with E-state index in [0.717, 1.165) is 5.56 Å². The van der Waals surface area contributed by atoms with Gasteiger partial charge in [-0.15, -0.1) is 0 Å². The highest BCUT2D eigenvalue weighted by molar-refractivity contribution is 5.91. The fraction of sp³-hybridized carbons (Fsp3) is 0.0952. The van der Waals surface area contributed by atoms with Crippen molar-refractivity contribution in [1.82, 2.24) is 4.98 Å². The van der Waals surface area contributed by atoms with Gasteiger partial charge in [0.1, 0.15) is 23.3 Å². The van der Waals surface area contributed by atoms with Gasteiger partial charge in [-0.2, -0.15) is 5.26 Å². The largest absolute Gasteiger partial charge is 0.465 e. The van der Waals surface area contributed by atoms with E-state index in [0.29, 0.717) is 27.9 Å². The van der Waals surface area contributed by atoms with E-state index in [1.165, 1.54) is 19.2 Å². The van der Waals surface area contributed by atoms with Crippen LogP contribution < -0.4 is 5.73 Å². The van der Waals surface area contributed by atoms with Crippen molar-refractivity contribution in [1.29, 1.82) is 5.26 Å². The van der Waals surface area contributed by atoms with Gasteiger partial charge in [0.2, 0.25) is 0 Å². The highest BCUT2D eigenvalue weighted by atomic mass is 19.1. The average Bonchev–Trinajstić information content (AvgIpc) is 2.69. The summed E-state index contributed by atoms with van der Waals surface area (Å²) in [5.41, 5.74) is 10.0. The Morgan fingerprint density at radius 2 is 1.70 bits per heavy atom. The molecular weight excluding hydrogens is 345 g/mol. The van der Waals surface area contributed by atoms with Crippen LogP contribution in [0.15, 0.2) is 48.5 Å². The van der Waals surface area contributed by atoms with Crippen molar-refractivity contribution in [2.24, 2.45) is 0 Å². The van der Waals surface area contributed by atoms with Gasteiger partial charge in [0, 0.05) is 11.1 Å². The molecule has 0 aliphatic heterocycles. The third-order valence-corrected chi connectivity index (χ3v) is 4.29. The minimum Gasteiger partial charge on any atom is -0.465 e. The standard InChI is InChI=1S/C21H16FN3O2/c1-12-18(13-3-5-15(6-4-13)21(26)27-2)17(11-23)20(24)25-19(12)14-7-9-16(22)10-8-14/h3-10H,1-2H3,(H2,24,25). The number of ether oxygens (including phenoxy) is 1. The molecule has 0 amide bonds. The Morgan fingerprint density at radius 1 is 1.11 bits per heavy atom. The number of pyridine rings is 1. The van der Waals surface area contributed by atoms with Crippen molar-refractivity contribution >= 4 is 11.8 Å². The third kappa shape index (κ3) is 3.35. The summed E-state index contributed by atoms with van der Waals surface area (Å²) in [7, 11) is 1.31. The lowest BCUT2D eigenvalue weighted by atomic mass is 9.92. The number of benzene rings is 2. The number of nitrogens with two attached hydrogens (primary N) is 1. The van der Waals surface area contributed by atoms with Crippen LogP contribution >= 0.6 is 0 Å². The van der Waals surface area contributed by atoms with E-state index in [1.54, 1.807) is 36.4 Å². The maximum absolute atomic E-state index is 13.3. The second kappa shape index (κ2) is 7.26. The Kier molecular flexibility index (Phi) is 4.86. The fourth-order valence-electron chi connectivity index (χ4n) is 2.95. The number of nitrogens with zero attached hydrogens (tertiary/aromatic N) is 2. The number of esters is 1. The number of rotatable bonds is 3. The maximum Gasteiger partial charge on any atom is 0.337 e. The Labute approximate surface area is 155 Å². The molecule has 27 heavy (non-hydrogen) atoms. The van der Waals surface area contributed by atoms with Crippen molar-refractivity contribution in [3.05, 3.63) is 71.0 Å². The molecule has 0 unspecified atom stereocenters. The summed E-state index contributed by atoms with van der Waals surface area (Å²) in [6.45, 7) is 1.83. The first-order valence-electron chi connectivity index (χ1n) is 8.11. The molecule has 0 aliphatic rings. The van der Waals surface area contributed by atoms with Crippen LogP contribution in [0.5, 0.6) is 0 Å². The SMILES string of the molecule is COC(=O)c1ccc(-c2c(C)c(-c3ccc(F)cc3)nc(N)c2C#N)cc1. The molecule has 2 aromatic carbocycles. The summed E-state index contributed by atoms with van der Waals surface area (Å²) in [6, 6.07) is 14.7. The van der Waals surface area contributed by atoms with E-state index < -0.39 is 5.97 Å². The number of nitriles is 1. The van der Waals surface area contributed by atoms with E-state index in [4.69, 9.17) is 10.5 Å². The number of carbonyl (C=O) groups excluding carboxylic acids is 1. The molecule has 0 radical (unpaired) electrons. The lowest BCUT2D eigenvalue weighted by Gasteiger charge is -2.15. The average molecular weight is 361 g/mol. The van der Waals surface area contributed by atoms with Crippen LogP contribution in [0, 0.1) is 24.1 Å². The molecule has 3 rings (SSSR count). The zero-order valence-electron chi connectivity index (χ0n) is 14.8. The molecule has 6 heteroatoms. The zero-order valence-corrected chi connectivity index (χ0v) is 14.8. The van der Waals surface area contributed by atoms with Crippen LogP contribution in [0.4, 0.5) is 10.2 Å². The van der Waals surface area contributed by atoms with Gasteiger partial charge in [-0.25, -0.2) is 14.2 Å². The summed E-state index contributed by atoms with van der Waals surface area (Å²) >= 11 is 0. The predicted molar refractivity (Wildman–Crippen MR) is 100 cm³/mol. The van der Waals surface area contributed by atoms with E-state index in [2.05, 4.69) is 11.1 Å². The van der Waals surface area contributed by atoms with E-state index >= 15 is 0 Å². The van der Waals surface area contributed by atoms with Gasteiger partial charge in [0.05, 0.1) is 18.4 Å². The monoisotopic (exact) mass is 361 g/mol. The molecule has 0 spiro atoms. The second-order valence-corrected chi connectivity index (χ2v) is 5.91. The van der Waals surface area contributed by atoms with Gasteiger partial charge in [-0.1, -0.05) is 12.1 Å². The van der Waals surface area contributed by atoms with Crippen LogP contribution in [0.1, 0.15) is 21.5 Å². The fourth-order valence-corrected chi connectivity index (χ4v) is 2.95. The van der Waals surface area contributed by atoms with E-state index in [9.17, 15) is 14.4 Å². The van der Waals surface area contributed by atoms with Gasteiger partial charge in [-0.3, -0.25) is 0 Å². The van der Waals surface area contributed by atoms with Crippen molar-refractivity contribution in [2.45, 2.75) is 6.92 Å². The maximum atomic E-state index is 13.3. The third-order valence-electron chi connectivity index (χ3n) is 4.29. The first-order valence-corrected chi connectivity index (χ1v) is 8.11. The molecule has 0 bridgehead atoms. The topological polar surface area (TPSA) is 89.0 Å². The van der Waals surface area contributed by atoms with Gasteiger partial charge >= 0.3 is 5.97 Å². The van der Waals surface area contributed by atoms with Gasteiger partial charge in [0.15, 0.2) is 0 Å². The number of aromatic nitrogens is 1. The zero-order chi connectivity index (χ0) is 19.6. The molecule has 0 fully saturated rings. The van der Waals surface area contributed by atoms with Crippen molar-refractivity contribution in [3.8, 4) is 28.5 Å². The number of halogens is 1. The number of nitrogen functional groups attached to an aromatic ring is 1. The minimum atomic E-state index is -0.444. The Hall–Kier alpha value is -3.72. The lowest BCUT2D eigenvalue weighted by Crippen LogP contribution is -2.04. The number of anilines is 1. The molecule has 5 nitrogen and oxygen atoms in total. The Balaban J connectivity index is 2.21. The van der Waals surface area contributed by atoms with Crippen molar-refractivity contribution < 1.29 is 13.9 Å². The van der Waals surface area contributed by atoms with Gasteiger partial charge in [0.25, 0.3) is 0 Å². The molecule has 0 aliphatic carbocycles. The number of methoxy groups -OCH3 is 1. The molecule has 3 aromatic rings. The van der Waals surface area contributed by atoms with Crippen LogP contribution in [-0.2, 0) is 4.74 Å². The molecule has 1 heterocycles. The van der Waals surface area contributed by atoms with E-state index in [1.807, 2.05) is 6.92 Å². The molecule has 0 atom stereocenters. The predicted octanol–water partition coefficient (Wildman–Crippen LogP) is 4.10. The quantitative estimate of drug-likeness (QED) is 0.709. The van der Waals surface area contributed by atoms with Gasteiger partial charge < -0.3 is 10.5 Å². The second-order valence-electron chi connectivity index (χ2n) is 5.91. The summed E-state index contributed by atoms with van der Waals surface area (Å²) in [5, 5.41) is 9.57. The molecular formula is C21H16FN3O2. The first kappa shape index (κ1) is 18.1. The molecule has 0 saturated heterocycles. The smallest absolute Gasteiger partial charge is 0.337 e. The Bertz CT molecular complexity index is 1050. The number of carbonyl (C=O) groups is 1. The number of hydrogen-bond donors (Lipinski definition) is 1. The van der Waals surface area contributed by atoms with Crippen LogP contribution in [0.25, 0.3) is 22.4 Å². The van der Waals surface area contributed by atoms with Gasteiger partial charge in [-0.05, 0) is 54.4 Å². The molecule has 0 saturated carbocycles. The van der Waals surface area contributed by atoms with Crippen molar-refractivity contribution in [2.75, 3.05) is 12.8 Å². The molecule has 134 valence electrons. The van der Waals surface area contributed by atoms with Crippen LogP contribution in [-0.4, -0.2) is 18.1 Å². The molecule has 2 N–H and O–H groups in total. The summed E-state index contributed by atoms with van der Waals surface area (Å²) in [4.78, 5) is 16.0. The number of hydrogen-bond acceptors (Lipinski definition) is 5. The van der Waals surface area contributed by atoms with E-state index in [-0.39, 0.29) is 17.2 Å². The summed E-state index contributed by atoms with van der Waals surface area (Å²) < 4.78 is 18.0. The molecule has 1 aromatic heterocycles. The lowest BCUT2D eigenvalue weighted by molar-refractivity contribution is 0.0601. The van der Waals surface area contributed by atoms with Crippen molar-refractivity contribution in [3.63, 3.8) is 0 Å². The normalized spacial score (nSPS) is 10.3. The highest BCUT2D eigenvalue weighted by Gasteiger charge is 2.18. The highest BCUT2D eigenvalue weighted by Crippen LogP contribution is 2.35.